The number of nitro groups is 1. The van der Waals surface area contributed by atoms with Gasteiger partial charge in [0.1, 0.15) is 5.75 Å². The van der Waals surface area contributed by atoms with Crippen molar-refractivity contribution in [2.24, 2.45) is 0 Å². The van der Waals surface area contributed by atoms with E-state index in [0.29, 0.717) is 6.42 Å². The summed E-state index contributed by atoms with van der Waals surface area (Å²) in [4.78, 5) is 32.9. The van der Waals surface area contributed by atoms with Crippen LogP contribution in [0, 0.1) is 10.1 Å². The van der Waals surface area contributed by atoms with E-state index in [1.165, 1.54) is 24.3 Å². The maximum Gasteiger partial charge on any atom is 0.337 e. The molecule has 0 spiro atoms. The van der Waals surface area contributed by atoms with Gasteiger partial charge in [-0.3, -0.25) is 14.9 Å². The molecule has 0 aromatic heterocycles. The molecule has 1 aromatic rings. The Morgan fingerprint density at radius 2 is 2.00 bits per heavy atom. The van der Waals surface area contributed by atoms with Crippen LogP contribution in [0.1, 0.15) is 19.8 Å². The SMILES string of the molecule is CCOC(=O)[C@H]1O[C@@H]1CCC(=O)Oc1ccc([N+](=O)[O-])cc1. The highest BCUT2D eigenvalue weighted by molar-refractivity contribution is 5.78. The van der Waals surface area contributed by atoms with Crippen molar-refractivity contribution >= 4 is 17.6 Å². The van der Waals surface area contributed by atoms with Gasteiger partial charge in [-0.25, -0.2) is 4.79 Å². The Bertz CT molecular complexity index is 569. The van der Waals surface area contributed by atoms with Crippen LogP contribution in [0.15, 0.2) is 24.3 Å². The zero-order valence-electron chi connectivity index (χ0n) is 11.9. The average Bonchev–Trinajstić information content (AvgIpc) is 3.26. The first-order chi connectivity index (χ1) is 10.5. The van der Waals surface area contributed by atoms with Gasteiger partial charge in [-0.2, -0.15) is 0 Å². The van der Waals surface area contributed by atoms with Crippen molar-refractivity contribution in [2.75, 3.05) is 6.61 Å². The van der Waals surface area contributed by atoms with E-state index in [4.69, 9.17) is 14.2 Å². The molecule has 8 nitrogen and oxygen atoms in total. The molecule has 0 bridgehead atoms. The first kappa shape index (κ1) is 15.9. The predicted molar refractivity (Wildman–Crippen MR) is 73.3 cm³/mol. The fourth-order valence-electron chi connectivity index (χ4n) is 1.87. The molecular weight excluding hydrogens is 294 g/mol. The number of hydrogen-bond acceptors (Lipinski definition) is 7. The van der Waals surface area contributed by atoms with Crippen LogP contribution in [0.3, 0.4) is 0 Å². The second-order valence-corrected chi connectivity index (χ2v) is 4.61. The van der Waals surface area contributed by atoms with Crippen LogP contribution in [0.5, 0.6) is 5.75 Å². The van der Waals surface area contributed by atoms with Gasteiger partial charge in [0, 0.05) is 18.6 Å². The first-order valence-electron chi connectivity index (χ1n) is 6.78. The number of non-ortho nitro benzene ring substituents is 1. The van der Waals surface area contributed by atoms with Crippen molar-refractivity contribution in [2.45, 2.75) is 32.0 Å². The van der Waals surface area contributed by atoms with Gasteiger partial charge >= 0.3 is 11.9 Å². The third-order valence-electron chi connectivity index (χ3n) is 3.01. The maximum atomic E-state index is 11.6. The van der Waals surface area contributed by atoms with Crippen LogP contribution in [0.2, 0.25) is 0 Å². The van der Waals surface area contributed by atoms with Gasteiger partial charge in [0.25, 0.3) is 5.69 Å². The number of hydrogen-bond donors (Lipinski definition) is 0. The molecule has 0 N–H and O–H groups in total. The molecule has 1 aliphatic heterocycles. The smallest absolute Gasteiger partial charge is 0.337 e. The van der Waals surface area contributed by atoms with E-state index in [2.05, 4.69) is 0 Å². The Kier molecular flexibility index (Phi) is 5.05. The third kappa shape index (κ3) is 4.26. The Morgan fingerprint density at radius 1 is 1.32 bits per heavy atom. The molecule has 0 aliphatic carbocycles. The molecule has 1 aromatic carbocycles. The summed E-state index contributed by atoms with van der Waals surface area (Å²) >= 11 is 0. The number of ether oxygens (including phenoxy) is 3. The topological polar surface area (TPSA) is 108 Å². The second-order valence-electron chi connectivity index (χ2n) is 4.61. The lowest BCUT2D eigenvalue weighted by atomic mass is 10.2. The van der Waals surface area contributed by atoms with Gasteiger partial charge in [0.05, 0.1) is 17.6 Å². The van der Waals surface area contributed by atoms with Crippen molar-refractivity contribution in [3.05, 3.63) is 34.4 Å². The lowest BCUT2D eigenvalue weighted by molar-refractivity contribution is -0.384. The number of carbonyl (C=O) groups is 2. The Labute approximate surface area is 126 Å². The van der Waals surface area contributed by atoms with Crippen molar-refractivity contribution in [3.63, 3.8) is 0 Å². The van der Waals surface area contributed by atoms with E-state index in [9.17, 15) is 19.7 Å². The molecule has 0 radical (unpaired) electrons. The molecule has 22 heavy (non-hydrogen) atoms. The van der Waals surface area contributed by atoms with Crippen molar-refractivity contribution in [1.29, 1.82) is 0 Å². The highest BCUT2D eigenvalue weighted by atomic mass is 16.6. The Hall–Kier alpha value is -2.48. The zero-order chi connectivity index (χ0) is 16.1. The summed E-state index contributed by atoms with van der Waals surface area (Å²) in [6.07, 6.45) is -0.470. The quantitative estimate of drug-likeness (QED) is 0.247. The minimum Gasteiger partial charge on any atom is -0.464 e. The van der Waals surface area contributed by atoms with Crippen LogP contribution >= 0.6 is 0 Å². The summed E-state index contributed by atoms with van der Waals surface area (Å²) in [5, 5.41) is 10.5. The number of esters is 2. The number of nitro benzene ring substituents is 1. The standard InChI is InChI=1S/C14H15NO7/c1-2-20-14(17)13-11(22-13)7-8-12(16)21-10-5-3-9(4-6-10)15(18)19/h3-6,11,13H,2,7-8H2,1H3/t11-,13+/m1/s1. The number of nitrogens with zero attached hydrogens (tertiary/aromatic N) is 1. The molecule has 1 aliphatic rings. The van der Waals surface area contributed by atoms with Crippen LogP contribution in [0.4, 0.5) is 5.69 Å². The van der Waals surface area contributed by atoms with Crippen molar-refractivity contribution in [1.82, 2.24) is 0 Å². The molecule has 2 rings (SSSR count). The molecule has 8 heteroatoms. The van der Waals surface area contributed by atoms with Crippen LogP contribution in [-0.2, 0) is 19.1 Å². The molecule has 1 fully saturated rings. The van der Waals surface area contributed by atoms with E-state index in [0.717, 1.165) is 0 Å². The van der Waals surface area contributed by atoms with E-state index >= 15 is 0 Å². The number of epoxide rings is 1. The van der Waals surface area contributed by atoms with Gasteiger partial charge in [0.15, 0.2) is 6.10 Å². The Balaban J connectivity index is 1.73. The van der Waals surface area contributed by atoms with Crippen LogP contribution < -0.4 is 4.74 Å². The lowest BCUT2D eigenvalue weighted by Gasteiger charge is -2.03. The van der Waals surface area contributed by atoms with E-state index in [1.807, 2.05) is 0 Å². The first-order valence-corrected chi connectivity index (χ1v) is 6.78. The second kappa shape index (κ2) is 6.99. The monoisotopic (exact) mass is 309 g/mol. The highest BCUT2D eigenvalue weighted by Crippen LogP contribution is 2.28. The minimum absolute atomic E-state index is 0.0801. The molecule has 1 heterocycles. The fourth-order valence-corrected chi connectivity index (χ4v) is 1.87. The third-order valence-corrected chi connectivity index (χ3v) is 3.01. The van der Waals surface area contributed by atoms with Crippen molar-refractivity contribution < 1.29 is 28.7 Å². The number of carbonyl (C=O) groups excluding carboxylic acids is 2. The molecule has 0 unspecified atom stereocenters. The average molecular weight is 309 g/mol. The van der Waals surface area contributed by atoms with E-state index in [1.54, 1.807) is 6.92 Å². The molecule has 2 atom stereocenters. The largest absolute Gasteiger partial charge is 0.464 e. The zero-order valence-corrected chi connectivity index (χ0v) is 11.9. The molecular formula is C14H15NO7. The summed E-state index contributed by atoms with van der Waals surface area (Å²) in [5.74, 6) is -0.683. The summed E-state index contributed by atoms with van der Waals surface area (Å²) in [7, 11) is 0. The maximum absolute atomic E-state index is 11.6. The van der Waals surface area contributed by atoms with Gasteiger partial charge < -0.3 is 14.2 Å². The fraction of sp³-hybridized carbons (Fsp3) is 0.429. The van der Waals surface area contributed by atoms with Crippen LogP contribution in [-0.4, -0.2) is 35.7 Å². The van der Waals surface area contributed by atoms with Crippen molar-refractivity contribution in [3.8, 4) is 5.75 Å². The van der Waals surface area contributed by atoms with Gasteiger partial charge in [-0.05, 0) is 25.5 Å². The summed E-state index contributed by atoms with van der Waals surface area (Å²) in [6.45, 7) is 1.99. The minimum atomic E-state index is -0.591. The van der Waals surface area contributed by atoms with Gasteiger partial charge in [0.2, 0.25) is 0 Å². The van der Waals surface area contributed by atoms with Crippen LogP contribution in [0.25, 0.3) is 0 Å². The van der Waals surface area contributed by atoms with Gasteiger partial charge in [-0.15, -0.1) is 0 Å². The van der Waals surface area contributed by atoms with E-state index in [-0.39, 0.29) is 30.6 Å². The van der Waals surface area contributed by atoms with Gasteiger partial charge in [-0.1, -0.05) is 0 Å². The summed E-state index contributed by atoms with van der Waals surface area (Å²) in [5.41, 5.74) is -0.0801. The molecule has 0 amide bonds. The molecule has 0 saturated carbocycles. The Morgan fingerprint density at radius 3 is 2.59 bits per heavy atom. The predicted octanol–water partition coefficient (Wildman–Crippen LogP) is 1.61. The van der Waals surface area contributed by atoms with E-state index < -0.39 is 23.0 Å². The highest BCUT2D eigenvalue weighted by Gasteiger charge is 2.46. The lowest BCUT2D eigenvalue weighted by Crippen LogP contribution is -2.15. The summed E-state index contributed by atoms with van der Waals surface area (Å²) < 4.78 is 14.9. The summed E-state index contributed by atoms with van der Waals surface area (Å²) in [6, 6.07) is 5.21. The normalized spacial score (nSPS) is 19.3. The number of benzene rings is 1. The number of rotatable bonds is 7. The molecule has 118 valence electrons. The molecule has 1 saturated heterocycles.